The minimum absolute atomic E-state index is 0.322. The maximum Gasteiger partial charge on any atom is 0.354 e. The van der Waals surface area contributed by atoms with E-state index in [4.69, 9.17) is 4.74 Å². The lowest BCUT2D eigenvalue weighted by Crippen LogP contribution is -2.32. The summed E-state index contributed by atoms with van der Waals surface area (Å²) in [5, 5.41) is 0. The van der Waals surface area contributed by atoms with Crippen LogP contribution in [0.1, 0.15) is 29.0 Å². The van der Waals surface area contributed by atoms with E-state index in [2.05, 4.69) is 19.4 Å². The molecule has 0 aliphatic carbocycles. The van der Waals surface area contributed by atoms with Crippen LogP contribution in [0.4, 0.5) is 0 Å². The van der Waals surface area contributed by atoms with Gasteiger partial charge < -0.3 is 14.3 Å². The van der Waals surface area contributed by atoms with Crippen molar-refractivity contribution in [3.63, 3.8) is 0 Å². The van der Waals surface area contributed by atoms with E-state index in [0.29, 0.717) is 11.7 Å². The maximum atomic E-state index is 11.5. The minimum Gasteiger partial charge on any atom is -0.464 e. The molecule has 0 saturated carbocycles. The van der Waals surface area contributed by atoms with E-state index in [0.717, 1.165) is 25.3 Å². The van der Waals surface area contributed by atoms with E-state index < -0.39 is 0 Å². The Kier molecular flexibility index (Phi) is 4.06. The molecule has 21 heavy (non-hydrogen) atoms. The van der Waals surface area contributed by atoms with Crippen LogP contribution in [0.5, 0.6) is 0 Å². The van der Waals surface area contributed by atoms with Gasteiger partial charge in [0.1, 0.15) is 5.69 Å². The van der Waals surface area contributed by atoms with Gasteiger partial charge >= 0.3 is 5.97 Å². The van der Waals surface area contributed by atoms with Crippen LogP contribution in [0.2, 0.25) is 0 Å². The number of likely N-dealkylation sites (tertiary alicyclic amines) is 1. The molecule has 6 nitrogen and oxygen atoms in total. The Morgan fingerprint density at radius 2 is 2.43 bits per heavy atom. The van der Waals surface area contributed by atoms with Gasteiger partial charge in [0, 0.05) is 37.2 Å². The zero-order valence-corrected chi connectivity index (χ0v) is 12.2. The molecule has 0 bridgehead atoms. The quantitative estimate of drug-likeness (QED) is 0.850. The number of ether oxygens (including phenoxy) is 1. The Labute approximate surface area is 123 Å². The highest BCUT2D eigenvalue weighted by atomic mass is 16.5. The highest BCUT2D eigenvalue weighted by molar-refractivity contribution is 5.87. The zero-order valence-electron chi connectivity index (χ0n) is 12.2. The average molecular weight is 288 g/mol. The number of nitrogens with zero attached hydrogens (tertiary/aromatic N) is 3. The van der Waals surface area contributed by atoms with E-state index in [1.165, 1.54) is 20.0 Å². The van der Waals surface area contributed by atoms with Crippen LogP contribution >= 0.6 is 0 Å². The molecule has 0 radical (unpaired) electrons. The molecule has 1 fully saturated rings. The normalized spacial score (nSPS) is 19.0. The van der Waals surface area contributed by atoms with Crippen LogP contribution in [0, 0.1) is 0 Å². The summed E-state index contributed by atoms with van der Waals surface area (Å²) in [4.78, 5) is 21.1. The van der Waals surface area contributed by atoms with E-state index in [9.17, 15) is 4.79 Å². The van der Waals surface area contributed by atoms with Gasteiger partial charge in [-0.2, -0.15) is 0 Å². The maximum absolute atomic E-state index is 11.5. The first-order valence-corrected chi connectivity index (χ1v) is 7.22. The molecule has 1 aliphatic heterocycles. The predicted octanol–water partition coefficient (Wildman–Crippen LogP) is 1.66. The number of hydrogen-bond acceptors (Lipinski definition) is 4. The lowest BCUT2D eigenvalue weighted by Gasteiger charge is -2.24. The van der Waals surface area contributed by atoms with Crippen LogP contribution in [-0.4, -0.2) is 45.1 Å². The second-order valence-electron chi connectivity index (χ2n) is 5.41. The molecule has 3 rings (SSSR count). The van der Waals surface area contributed by atoms with Crippen LogP contribution in [-0.2, 0) is 17.8 Å². The summed E-state index contributed by atoms with van der Waals surface area (Å²) >= 11 is 0. The number of carbonyl (C=O) groups excluding carboxylic acids is 1. The lowest BCUT2D eigenvalue weighted by atomic mass is 10.2. The van der Waals surface area contributed by atoms with Gasteiger partial charge in [-0.3, -0.25) is 4.90 Å². The number of aromatic amines is 1. The van der Waals surface area contributed by atoms with Crippen LogP contribution in [0.25, 0.3) is 0 Å². The average Bonchev–Trinajstić information content (AvgIpc) is 3.22. The van der Waals surface area contributed by atoms with Crippen molar-refractivity contribution in [2.24, 2.45) is 0 Å². The number of hydrogen-bond donors (Lipinski definition) is 1. The second-order valence-corrected chi connectivity index (χ2v) is 5.41. The van der Waals surface area contributed by atoms with Crippen molar-refractivity contribution in [3.05, 3.63) is 42.2 Å². The van der Waals surface area contributed by atoms with E-state index in [1.54, 1.807) is 6.07 Å². The molecular weight excluding hydrogens is 268 g/mol. The Hall–Kier alpha value is -2.08. The predicted molar refractivity (Wildman–Crippen MR) is 77.8 cm³/mol. The minimum atomic E-state index is -0.322. The first-order valence-electron chi connectivity index (χ1n) is 7.22. The summed E-state index contributed by atoms with van der Waals surface area (Å²) < 4.78 is 6.84. The van der Waals surface area contributed by atoms with Crippen molar-refractivity contribution >= 4 is 5.97 Å². The Balaban J connectivity index is 1.63. The molecule has 6 heteroatoms. The smallest absolute Gasteiger partial charge is 0.354 e. The molecule has 0 aromatic carbocycles. The summed E-state index contributed by atoms with van der Waals surface area (Å²) in [6, 6.07) is 4.25. The Morgan fingerprint density at radius 1 is 1.52 bits per heavy atom. The van der Waals surface area contributed by atoms with Crippen LogP contribution in [0.3, 0.4) is 0 Å². The number of esters is 1. The summed E-state index contributed by atoms with van der Waals surface area (Å²) in [5.41, 5.74) is 1.56. The third-order valence-electron chi connectivity index (χ3n) is 4.00. The van der Waals surface area contributed by atoms with Gasteiger partial charge in [-0.05, 0) is 31.5 Å². The van der Waals surface area contributed by atoms with Gasteiger partial charge in [0.05, 0.1) is 13.4 Å². The van der Waals surface area contributed by atoms with Crippen LogP contribution < -0.4 is 0 Å². The SMILES string of the molecule is COC(=O)c1ccc(CN2CCC[C@@H]2Cn2ccnc2)[nH]1. The molecule has 1 saturated heterocycles. The Bertz CT molecular complexity index is 591. The highest BCUT2D eigenvalue weighted by Crippen LogP contribution is 2.21. The van der Waals surface area contributed by atoms with Crippen molar-refractivity contribution in [1.82, 2.24) is 19.4 Å². The van der Waals surface area contributed by atoms with Crippen molar-refractivity contribution in [1.29, 1.82) is 0 Å². The van der Waals surface area contributed by atoms with Gasteiger partial charge in [-0.1, -0.05) is 0 Å². The highest BCUT2D eigenvalue weighted by Gasteiger charge is 2.25. The van der Waals surface area contributed by atoms with Crippen molar-refractivity contribution in [2.75, 3.05) is 13.7 Å². The first kappa shape index (κ1) is 13.9. The van der Waals surface area contributed by atoms with Crippen molar-refractivity contribution in [3.8, 4) is 0 Å². The van der Waals surface area contributed by atoms with Gasteiger partial charge in [0.25, 0.3) is 0 Å². The summed E-state index contributed by atoms with van der Waals surface area (Å²) in [6.07, 6.45) is 8.08. The largest absolute Gasteiger partial charge is 0.464 e. The fraction of sp³-hybridized carbons (Fsp3) is 0.467. The van der Waals surface area contributed by atoms with Gasteiger partial charge in [-0.25, -0.2) is 9.78 Å². The molecule has 1 N–H and O–H groups in total. The molecule has 1 aliphatic rings. The third-order valence-corrected chi connectivity index (χ3v) is 4.00. The number of H-pyrrole nitrogens is 1. The molecule has 0 amide bonds. The number of aromatic nitrogens is 3. The third kappa shape index (κ3) is 3.16. The topological polar surface area (TPSA) is 63.1 Å². The summed E-state index contributed by atoms with van der Waals surface area (Å²) in [5.74, 6) is -0.322. The van der Waals surface area contributed by atoms with E-state index in [1.807, 2.05) is 24.8 Å². The van der Waals surface area contributed by atoms with E-state index in [-0.39, 0.29) is 5.97 Å². The van der Waals surface area contributed by atoms with Gasteiger partial charge in [0.15, 0.2) is 0 Å². The fourth-order valence-electron chi connectivity index (χ4n) is 2.93. The molecular formula is C15H20N4O2. The first-order chi connectivity index (χ1) is 10.3. The van der Waals surface area contributed by atoms with Crippen molar-refractivity contribution in [2.45, 2.75) is 32.0 Å². The molecule has 0 spiro atoms. The van der Waals surface area contributed by atoms with E-state index >= 15 is 0 Å². The van der Waals surface area contributed by atoms with Gasteiger partial charge in [0.2, 0.25) is 0 Å². The lowest BCUT2D eigenvalue weighted by molar-refractivity contribution is 0.0594. The molecule has 1 atom stereocenters. The van der Waals surface area contributed by atoms with Gasteiger partial charge in [-0.15, -0.1) is 0 Å². The summed E-state index contributed by atoms with van der Waals surface area (Å²) in [6.45, 7) is 2.88. The Morgan fingerprint density at radius 3 is 3.19 bits per heavy atom. The number of rotatable bonds is 5. The fourth-order valence-corrected chi connectivity index (χ4v) is 2.93. The molecule has 3 heterocycles. The monoisotopic (exact) mass is 288 g/mol. The molecule has 2 aromatic heterocycles. The number of methoxy groups -OCH3 is 1. The molecule has 112 valence electrons. The standard InChI is InChI=1S/C15H20N4O2/c1-21-15(20)14-5-4-12(17-14)9-19-7-2-3-13(19)10-18-8-6-16-11-18/h4-6,8,11,13,17H,2-3,7,9-10H2,1H3/t13-/m1/s1. The number of imidazole rings is 1. The number of carbonyl (C=O) groups is 1. The molecule has 2 aromatic rings. The second kappa shape index (κ2) is 6.13. The summed E-state index contributed by atoms with van der Waals surface area (Å²) in [7, 11) is 1.39. The van der Waals surface area contributed by atoms with Crippen molar-refractivity contribution < 1.29 is 9.53 Å². The van der Waals surface area contributed by atoms with Crippen LogP contribution in [0.15, 0.2) is 30.9 Å². The molecule has 0 unspecified atom stereocenters. The zero-order chi connectivity index (χ0) is 14.7. The number of nitrogens with one attached hydrogen (secondary N) is 1.